The molecule has 0 aliphatic heterocycles. The van der Waals surface area contributed by atoms with Crippen molar-refractivity contribution < 1.29 is 0 Å². The molecule has 1 heterocycles. The normalized spacial score (nSPS) is 44.4. The van der Waals surface area contributed by atoms with Crippen LogP contribution in [0.1, 0.15) is 69.0 Å². The molecule has 6 rings (SSSR count). The van der Waals surface area contributed by atoms with E-state index in [1.165, 1.54) is 50.6 Å². The maximum absolute atomic E-state index is 4.58. The van der Waals surface area contributed by atoms with Gasteiger partial charge in [0.2, 0.25) is 0 Å². The summed E-state index contributed by atoms with van der Waals surface area (Å²) in [6, 6.07) is 0.665. The van der Waals surface area contributed by atoms with E-state index in [9.17, 15) is 0 Å². The number of hydrogen-bond acceptors (Lipinski definition) is 2. The lowest BCUT2D eigenvalue weighted by Crippen LogP contribution is -2.46. The number of aromatic nitrogens is 3. The molecule has 4 fully saturated rings. The first kappa shape index (κ1) is 12.4. The van der Waals surface area contributed by atoms with Crippen LogP contribution >= 0.6 is 0 Å². The van der Waals surface area contributed by atoms with Crippen molar-refractivity contribution in [1.82, 2.24) is 15.0 Å². The highest BCUT2D eigenvalue weighted by Gasteiger charge is 2.49. The van der Waals surface area contributed by atoms with Crippen molar-refractivity contribution in [2.24, 2.45) is 23.7 Å². The van der Waals surface area contributed by atoms with Crippen LogP contribution in [0.5, 0.6) is 0 Å². The first-order valence-corrected chi connectivity index (χ1v) is 8.93. The van der Waals surface area contributed by atoms with Crippen molar-refractivity contribution in [1.29, 1.82) is 0 Å². The molecule has 1 aromatic rings. The molecule has 5 aliphatic rings. The van der Waals surface area contributed by atoms with Crippen molar-refractivity contribution in [2.75, 3.05) is 0 Å². The zero-order valence-corrected chi connectivity index (χ0v) is 12.7. The molecule has 3 heteroatoms. The maximum atomic E-state index is 4.58. The predicted octanol–water partition coefficient (Wildman–Crippen LogP) is 4.10. The van der Waals surface area contributed by atoms with Gasteiger partial charge in [-0.2, -0.15) is 0 Å². The third-order valence-corrected chi connectivity index (χ3v) is 6.70. The summed E-state index contributed by atoms with van der Waals surface area (Å²) in [5.74, 6) is 4.47. The monoisotopic (exact) mass is 283 g/mol. The van der Waals surface area contributed by atoms with Crippen molar-refractivity contribution in [2.45, 2.75) is 63.3 Å². The van der Waals surface area contributed by atoms with Gasteiger partial charge in [-0.1, -0.05) is 17.4 Å². The zero-order chi connectivity index (χ0) is 13.8. The van der Waals surface area contributed by atoms with Crippen molar-refractivity contribution in [3.05, 3.63) is 24.0 Å². The second kappa shape index (κ2) is 4.69. The Kier molecular flexibility index (Phi) is 2.77. The van der Waals surface area contributed by atoms with Crippen LogP contribution in [0.4, 0.5) is 0 Å². The summed E-state index contributed by atoms with van der Waals surface area (Å²) in [6.45, 7) is 0. The lowest BCUT2D eigenvalue weighted by atomic mass is 9.54. The quantitative estimate of drug-likeness (QED) is 0.765. The molecule has 0 N–H and O–H groups in total. The Bertz CT molecular complexity index is 531. The second-order valence-corrected chi connectivity index (χ2v) is 8.03. The van der Waals surface area contributed by atoms with Crippen molar-refractivity contribution >= 4 is 0 Å². The number of hydrogen-bond donors (Lipinski definition) is 0. The van der Waals surface area contributed by atoms with E-state index in [1.54, 1.807) is 0 Å². The Morgan fingerprint density at radius 3 is 2.38 bits per heavy atom. The van der Waals surface area contributed by atoms with Gasteiger partial charge in [-0.25, -0.2) is 4.68 Å². The molecule has 4 bridgehead atoms. The van der Waals surface area contributed by atoms with Gasteiger partial charge < -0.3 is 0 Å². The molecular formula is C18H25N3. The van der Waals surface area contributed by atoms with Crippen LogP contribution in [0.2, 0.25) is 0 Å². The third kappa shape index (κ3) is 2.00. The largest absolute Gasteiger partial charge is 0.249 e. The molecular weight excluding hydrogens is 258 g/mol. The average molecular weight is 283 g/mol. The van der Waals surface area contributed by atoms with Crippen LogP contribution in [0.25, 0.3) is 0 Å². The molecule has 1 aromatic heterocycles. The number of rotatable bonds is 2. The fourth-order valence-corrected chi connectivity index (χ4v) is 6.01. The molecule has 112 valence electrons. The summed E-state index contributed by atoms with van der Waals surface area (Å²) in [7, 11) is 0. The van der Waals surface area contributed by atoms with Crippen LogP contribution in [0.15, 0.2) is 18.3 Å². The van der Waals surface area contributed by atoms with Crippen LogP contribution in [0, 0.1) is 23.7 Å². The van der Waals surface area contributed by atoms with Gasteiger partial charge in [0, 0.05) is 12.1 Å². The molecule has 0 spiro atoms. The van der Waals surface area contributed by atoms with Gasteiger partial charge >= 0.3 is 0 Å². The number of allylic oxidation sites excluding steroid dienone is 2. The lowest BCUT2D eigenvalue weighted by Gasteiger charge is -2.54. The van der Waals surface area contributed by atoms with E-state index in [4.69, 9.17) is 0 Å². The summed E-state index contributed by atoms with van der Waals surface area (Å²) < 4.78 is 2.28. The maximum Gasteiger partial charge on any atom is 0.0861 e. The lowest BCUT2D eigenvalue weighted by molar-refractivity contribution is -0.0342. The Hall–Kier alpha value is -1.12. The molecule has 5 aliphatic carbocycles. The van der Waals surface area contributed by atoms with Crippen LogP contribution in [0.3, 0.4) is 0 Å². The third-order valence-electron chi connectivity index (χ3n) is 6.70. The Labute approximate surface area is 126 Å². The van der Waals surface area contributed by atoms with Crippen LogP contribution in [-0.4, -0.2) is 15.0 Å². The standard InChI is InChI=1S/C18H25N3/c1-2-4-14(5-3-1)17-11-21(20-19-17)18-15-7-12-6-13(9-15)10-16(18)8-12/h1-2,11-16,18H,3-10H2. The van der Waals surface area contributed by atoms with Crippen LogP contribution < -0.4 is 0 Å². The highest BCUT2D eigenvalue weighted by molar-refractivity contribution is 5.10. The number of nitrogens with zero attached hydrogens (tertiary/aromatic N) is 3. The molecule has 4 saturated carbocycles. The molecule has 0 amide bonds. The van der Waals surface area contributed by atoms with E-state index in [2.05, 4.69) is 33.3 Å². The van der Waals surface area contributed by atoms with E-state index in [0.717, 1.165) is 30.1 Å². The first-order valence-electron chi connectivity index (χ1n) is 8.93. The molecule has 3 nitrogen and oxygen atoms in total. The van der Waals surface area contributed by atoms with Crippen molar-refractivity contribution in [3.63, 3.8) is 0 Å². The summed E-state index contributed by atoms with van der Waals surface area (Å²) >= 11 is 0. The van der Waals surface area contributed by atoms with Crippen molar-refractivity contribution in [3.8, 4) is 0 Å². The Balaban J connectivity index is 1.40. The first-order chi connectivity index (χ1) is 10.4. The van der Waals surface area contributed by atoms with Gasteiger partial charge in [0.25, 0.3) is 0 Å². The molecule has 1 unspecified atom stereocenters. The van der Waals surface area contributed by atoms with Gasteiger partial charge in [-0.15, -0.1) is 5.10 Å². The molecule has 0 aromatic carbocycles. The van der Waals surface area contributed by atoms with Gasteiger partial charge in [-0.05, 0) is 75.0 Å². The van der Waals surface area contributed by atoms with E-state index < -0.39 is 0 Å². The average Bonchev–Trinajstić information content (AvgIpc) is 2.97. The second-order valence-electron chi connectivity index (χ2n) is 8.03. The molecule has 21 heavy (non-hydrogen) atoms. The van der Waals surface area contributed by atoms with Gasteiger partial charge in [0.05, 0.1) is 11.7 Å². The topological polar surface area (TPSA) is 30.7 Å². The molecule has 0 radical (unpaired) electrons. The summed E-state index contributed by atoms with van der Waals surface area (Å²) in [4.78, 5) is 0. The van der Waals surface area contributed by atoms with Gasteiger partial charge in [0.15, 0.2) is 0 Å². The summed E-state index contributed by atoms with van der Waals surface area (Å²) in [5, 5.41) is 9.13. The fourth-order valence-electron chi connectivity index (χ4n) is 6.01. The smallest absolute Gasteiger partial charge is 0.0861 e. The summed E-state index contributed by atoms with van der Waals surface area (Å²) in [6.07, 6.45) is 17.9. The highest BCUT2D eigenvalue weighted by atomic mass is 15.4. The SMILES string of the molecule is C1=CCC(c2cn(C3C4CC5CC(C4)CC3C5)nn2)CC1. The van der Waals surface area contributed by atoms with Gasteiger partial charge in [-0.3, -0.25) is 0 Å². The van der Waals surface area contributed by atoms with E-state index in [0.29, 0.717) is 12.0 Å². The van der Waals surface area contributed by atoms with E-state index in [1.807, 2.05) is 0 Å². The summed E-state index contributed by atoms with van der Waals surface area (Å²) in [5.41, 5.74) is 1.24. The highest BCUT2D eigenvalue weighted by Crippen LogP contribution is 2.58. The Morgan fingerprint density at radius 1 is 0.952 bits per heavy atom. The molecule has 1 atom stereocenters. The minimum absolute atomic E-state index is 0.612. The fraction of sp³-hybridized carbons (Fsp3) is 0.778. The molecule has 0 saturated heterocycles. The van der Waals surface area contributed by atoms with Gasteiger partial charge in [0.1, 0.15) is 0 Å². The predicted molar refractivity (Wildman–Crippen MR) is 81.8 cm³/mol. The van der Waals surface area contributed by atoms with E-state index >= 15 is 0 Å². The minimum atomic E-state index is 0.612. The van der Waals surface area contributed by atoms with E-state index in [-0.39, 0.29) is 0 Å². The minimum Gasteiger partial charge on any atom is -0.249 e. The van der Waals surface area contributed by atoms with Crippen LogP contribution in [-0.2, 0) is 0 Å². The zero-order valence-electron chi connectivity index (χ0n) is 12.7. The Morgan fingerprint density at radius 2 is 1.71 bits per heavy atom.